The lowest BCUT2D eigenvalue weighted by molar-refractivity contribution is 0.0108. The molecule has 33 heavy (non-hydrogen) atoms. The van der Waals surface area contributed by atoms with Gasteiger partial charge < -0.3 is 25.0 Å². The van der Waals surface area contributed by atoms with Crippen LogP contribution in [-0.2, 0) is 17.6 Å². The number of hydrogen-bond donors (Lipinski definition) is 3. The lowest BCUT2D eigenvalue weighted by Crippen LogP contribution is -2.47. The molecule has 0 saturated carbocycles. The highest BCUT2D eigenvalue weighted by molar-refractivity contribution is 5.69. The molecule has 0 radical (unpaired) electrons. The van der Waals surface area contributed by atoms with Crippen LogP contribution in [0.3, 0.4) is 0 Å². The van der Waals surface area contributed by atoms with Crippen molar-refractivity contribution in [3.63, 3.8) is 0 Å². The Bertz CT molecular complexity index is 583. The van der Waals surface area contributed by atoms with Crippen LogP contribution >= 0.6 is 0 Å². The molecule has 0 aromatic heterocycles. The fraction of sp³-hybridized carbons (Fsp3) is 0.741. The van der Waals surface area contributed by atoms with Crippen LogP contribution in [0, 0.1) is 0 Å². The van der Waals surface area contributed by atoms with Crippen LogP contribution < -0.4 is 0 Å². The van der Waals surface area contributed by atoms with Crippen molar-refractivity contribution in [2.75, 3.05) is 13.2 Å². The number of phenols is 2. The van der Waals surface area contributed by atoms with Crippen molar-refractivity contribution in [2.24, 2.45) is 0 Å². The van der Waals surface area contributed by atoms with Crippen LogP contribution in [0.5, 0.6) is 11.5 Å². The molecule has 0 aliphatic heterocycles. The summed E-state index contributed by atoms with van der Waals surface area (Å²) in [6, 6.07) is 3.12. The summed E-state index contributed by atoms with van der Waals surface area (Å²) < 4.78 is 5.42. The summed E-state index contributed by atoms with van der Waals surface area (Å²) in [6.07, 6.45) is 1.32. The second-order valence-electron chi connectivity index (χ2n) is 6.86. The Morgan fingerprint density at radius 2 is 1.45 bits per heavy atom. The maximum absolute atomic E-state index is 12.4. The van der Waals surface area contributed by atoms with Crippen LogP contribution in [-0.4, -0.2) is 51.1 Å². The molecule has 0 bridgehead atoms. The minimum absolute atomic E-state index is 0.0769. The average Bonchev–Trinajstić information content (AvgIpc) is 2.85. The normalized spacial score (nSPS) is 13.1. The number of phenolic OH excluding ortho intramolecular Hbond substituents is 2. The number of aliphatic hydroxyl groups is 1. The van der Waals surface area contributed by atoms with E-state index in [-0.39, 0.29) is 30.7 Å². The Balaban J connectivity index is -0.000000371. The molecule has 1 aliphatic rings. The third-order valence-electron chi connectivity index (χ3n) is 3.95. The molecule has 0 spiro atoms. The zero-order chi connectivity index (χ0) is 27.2. The van der Waals surface area contributed by atoms with Crippen LogP contribution in [0.4, 0.5) is 4.79 Å². The van der Waals surface area contributed by atoms with E-state index in [1.54, 1.807) is 31.7 Å². The number of aliphatic hydroxyl groups excluding tert-OH is 1. The van der Waals surface area contributed by atoms with Crippen molar-refractivity contribution in [3.8, 4) is 11.5 Å². The minimum Gasteiger partial charge on any atom is -0.504 e. The Morgan fingerprint density at radius 1 is 0.970 bits per heavy atom. The molecule has 1 aliphatic carbocycles. The number of rotatable bonds is 3. The van der Waals surface area contributed by atoms with E-state index in [2.05, 4.69) is 0 Å². The quantitative estimate of drug-likeness (QED) is 0.400. The zero-order valence-corrected chi connectivity index (χ0v) is 23.9. The van der Waals surface area contributed by atoms with E-state index in [0.29, 0.717) is 19.3 Å². The molecule has 2 rings (SSSR count). The molecule has 1 aromatic carbocycles. The highest BCUT2D eigenvalue weighted by atomic mass is 16.6. The SMILES string of the molecule is CC.CC.CC.CC.CC.CC(C)(C)OC(=O)N(CCO)C1CCc2c(ccc(O)c2O)C1. The maximum Gasteiger partial charge on any atom is 0.410 e. The Morgan fingerprint density at radius 3 is 1.88 bits per heavy atom. The highest BCUT2D eigenvalue weighted by Gasteiger charge is 2.31. The van der Waals surface area contributed by atoms with Gasteiger partial charge in [-0.2, -0.15) is 0 Å². The predicted molar refractivity (Wildman–Crippen MR) is 142 cm³/mol. The zero-order valence-electron chi connectivity index (χ0n) is 23.9. The van der Waals surface area contributed by atoms with Gasteiger partial charge in [-0.1, -0.05) is 75.3 Å². The third kappa shape index (κ3) is 14.7. The molecular formula is C27H55NO5. The van der Waals surface area contributed by atoms with E-state index < -0.39 is 11.7 Å². The summed E-state index contributed by atoms with van der Waals surface area (Å²) in [4.78, 5) is 13.9. The lowest BCUT2D eigenvalue weighted by atomic mass is 9.86. The Kier molecular flexibility index (Phi) is 27.0. The summed E-state index contributed by atoms with van der Waals surface area (Å²) >= 11 is 0. The molecule has 1 atom stereocenters. The third-order valence-corrected chi connectivity index (χ3v) is 3.95. The largest absolute Gasteiger partial charge is 0.504 e. The van der Waals surface area contributed by atoms with E-state index in [1.165, 1.54) is 6.07 Å². The van der Waals surface area contributed by atoms with E-state index in [9.17, 15) is 20.1 Å². The standard InChI is InChI=1S/C17H25NO5.5C2H6/c1-17(2,3)23-16(22)18(8-9-19)12-5-6-13-11(10-12)4-7-14(20)15(13)21;5*1-2/h4,7,12,19-21H,5-6,8-10H2,1-3H3;5*1-2H3. The van der Waals surface area contributed by atoms with Crippen LogP contribution in [0.15, 0.2) is 12.1 Å². The van der Waals surface area contributed by atoms with Crippen molar-refractivity contribution in [1.82, 2.24) is 4.90 Å². The van der Waals surface area contributed by atoms with E-state index >= 15 is 0 Å². The number of fused-ring (bicyclic) bond motifs is 1. The first-order valence-electron chi connectivity index (χ1n) is 12.9. The van der Waals surface area contributed by atoms with Gasteiger partial charge in [0.15, 0.2) is 11.5 Å². The Hall–Kier alpha value is -1.95. The molecule has 3 N–H and O–H groups in total. The van der Waals surface area contributed by atoms with Crippen molar-refractivity contribution < 1.29 is 24.9 Å². The number of aromatic hydroxyl groups is 2. The van der Waals surface area contributed by atoms with Gasteiger partial charge in [0.1, 0.15) is 5.60 Å². The van der Waals surface area contributed by atoms with Crippen molar-refractivity contribution in [1.29, 1.82) is 0 Å². The molecule has 0 saturated heterocycles. The van der Waals surface area contributed by atoms with Crippen molar-refractivity contribution in [3.05, 3.63) is 23.3 Å². The predicted octanol–water partition coefficient (Wildman–Crippen LogP) is 7.32. The molecule has 6 heteroatoms. The van der Waals surface area contributed by atoms with Gasteiger partial charge in [0.05, 0.1) is 6.61 Å². The highest BCUT2D eigenvalue weighted by Crippen LogP contribution is 2.36. The number of benzene rings is 1. The maximum atomic E-state index is 12.4. The van der Waals surface area contributed by atoms with Crippen molar-refractivity contribution in [2.45, 2.75) is 121 Å². The molecule has 0 heterocycles. The average molecular weight is 474 g/mol. The first-order valence-corrected chi connectivity index (χ1v) is 12.9. The number of amides is 1. The van der Waals surface area contributed by atoms with Gasteiger partial charge in [0, 0.05) is 18.2 Å². The first-order chi connectivity index (χ1) is 15.7. The number of carbonyl (C=O) groups is 1. The number of nitrogens with zero attached hydrogens (tertiary/aromatic N) is 1. The molecule has 198 valence electrons. The van der Waals surface area contributed by atoms with E-state index in [1.807, 2.05) is 69.2 Å². The molecule has 1 unspecified atom stereocenters. The van der Waals surface area contributed by atoms with Gasteiger partial charge >= 0.3 is 6.09 Å². The topological polar surface area (TPSA) is 90.2 Å². The molecule has 0 fully saturated rings. The molecule has 1 aromatic rings. The van der Waals surface area contributed by atoms with E-state index in [0.717, 1.165) is 11.1 Å². The fourth-order valence-corrected chi connectivity index (χ4v) is 2.92. The van der Waals surface area contributed by atoms with Gasteiger partial charge in [-0.15, -0.1) is 0 Å². The van der Waals surface area contributed by atoms with Crippen LogP contribution in [0.25, 0.3) is 0 Å². The summed E-state index contributed by atoms with van der Waals surface area (Å²) in [6.45, 7) is 25.5. The summed E-state index contributed by atoms with van der Waals surface area (Å²) in [5.74, 6) is -0.200. The number of carbonyl (C=O) groups excluding carboxylic acids is 1. The summed E-state index contributed by atoms with van der Waals surface area (Å²) in [7, 11) is 0. The smallest absolute Gasteiger partial charge is 0.410 e. The molecule has 6 nitrogen and oxygen atoms in total. The summed E-state index contributed by atoms with van der Waals surface area (Å²) in [5, 5.41) is 28.8. The van der Waals surface area contributed by atoms with Gasteiger partial charge in [-0.05, 0) is 51.7 Å². The summed E-state index contributed by atoms with van der Waals surface area (Å²) in [5.41, 5.74) is 1.04. The number of hydrogen-bond acceptors (Lipinski definition) is 5. The molecular weight excluding hydrogens is 418 g/mol. The van der Waals surface area contributed by atoms with Gasteiger partial charge in [0.25, 0.3) is 0 Å². The molecule has 1 amide bonds. The minimum atomic E-state index is -0.596. The van der Waals surface area contributed by atoms with Crippen LogP contribution in [0.1, 0.15) is 108 Å². The second-order valence-corrected chi connectivity index (χ2v) is 6.86. The van der Waals surface area contributed by atoms with Gasteiger partial charge in [0.2, 0.25) is 0 Å². The lowest BCUT2D eigenvalue weighted by Gasteiger charge is -2.36. The number of ether oxygens (including phenoxy) is 1. The van der Waals surface area contributed by atoms with Crippen molar-refractivity contribution >= 4 is 6.09 Å². The van der Waals surface area contributed by atoms with Gasteiger partial charge in [-0.25, -0.2) is 4.79 Å². The first kappa shape index (κ1) is 38.3. The van der Waals surface area contributed by atoms with E-state index in [4.69, 9.17) is 4.74 Å². The second kappa shape index (κ2) is 23.2. The Labute approximate surface area is 205 Å². The fourth-order valence-electron chi connectivity index (χ4n) is 2.92. The van der Waals surface area contributed by atoms with Gasteiger partial charge in [-0.3, -0.25) is 0 Å². The monoisotopic (exact) mass is 473 g/mol. The van der Waals surface area contributed by atoms with Crippen LogP contribution in [0.2, 0.25) is 0 Å².